The van der Waals surface area contributed by atoms with Gasteiger partial charge in [0.1, 0.15) is 5.75 Å². The maximum absolute atomic E-state index is 10.2. The summed E-state index contributed by atoms with van der Waals surface area (Å²) in [7, 11) is 0. The fraction of sp³-hybridized carbons (Fsp3) is 0.231. The van der Waals surface area contributed by atoms with Crippen molar-refractivity contribution in [3.8, 4) is 5.75 Å². The number of aryl methyl sites for hydroxylation is 1. The first-order valence-electron chi connectivity index (χ1n) is 5.71. The minimum absolute atomic E-state index is 0.0532. The summed E-state index contributed by atoms with van der Waals surface area (Å²) in [5, 5.41) is 18.3. The molecule has 5 N–H and O–H groups in total. The van der Waals surface area contributed by atoms with Crippen LogP contribution in [0.4, 0.5) is 0 Å². The van der Waals surface area contributed by atoms with Gasteiger partial charge in [-0.25, -0.2) is 0 Å². The van der Waals surface area contributed by atoms with Crippen LogP contribution in [-0.2, 0) is 13.2 Å². The van der Waals surface area contributed by atoms with E-state index < -0.39 is 0 Å². The molecule has 0 amide bonds. The summed E-state index contributed by atoms with van der Waals surface area (Å²) in [6.07, 6.45) is 3.12. The van der Waals surface area contributed by atoms with Crippen molar-refractivity contribution in [3.63, 3.8) is 0 Å². The number of rotatable bonds is 2. The number of hydrogen-bond acceptors (Lipinski definition) is 5. The zero-order valence-corrected chi connectivity index (χ0v) is 10.6. The molecular formula is C13H17N3O3. The van der Waals surface area contributed by atoms with Crippen molar-refractivity contribution >= 4 is 0 Å². The molecule has 0 saturated carbocycles. The monoisotopic (exact) mass is 263 g/mol. The Morgan fingerprint density at radius 1 is 1.42 bits per heavy atom. The number of nitrogens with one attached hydrogen (secondary N) is 1. The molecule has 0 saturated heterocycles. The Bertz CT molecular complexity index is 564. The molecule has 0 aliphatic rings. The normalized spacial score (nSPS) is 9.63. The third kappa shape index (κ3) is 4.20. The Hall–Kier alpha value is -2.18. The highest BCUT2D eigenvalue weighted by Gasteiger charge is 2.08. The second kappa shape index (κ2) is 7.30. The van der Waals surface area contributed by atoms with Gasteiger partial charge in [-0.05, 0) is 13.0 Å². The van der Waals surface area contributed by atoms with Gasteiger partial charge in [0.2, 0.25) is 5.56 Å². The molecule has 2 heterocycles. The van der Waals surface area contributed by atoms with Crippen LogP contribution in [0.2, 0.25) is 0 Å². The van der Waals surface area contributed by atoms with E-state index >= 15 is 0 Å². The summed E-state index contributed by atoms with van der Waals surface area (Å²) < 4.78 is 0. The number of nitrogens with two attached hydrogens (primary N) is 1. The van der Waals surface area contributed by atoms with Gasteiger partial charge >= 0.3 is 0 Å². The Morgan fingerprint density at radius 3 is 2.58 bits per heavy atom. The predicted molar refractivity (Wildman–Crippen MR) is 71.5 cm³/mol. The zero-order chi connectivity index (χ0) is 14.3. The quantitative estimate of drug-likeness (QED) is 0.627. The standard InChI is InChI=1S/C8H12N2O2.C5H5NO/c1-5-8(12)7(2-9)6(4-11)3-10-5;7-5-3-1-2-4-6-5/h3,11-12H,2,4,9H2,1H3;1-4H,(H,6,7). The summed E-state index contributed by atoms with van der Waals surface area (Å²) in [5.74, 6) is 0.0871. The Balaban J connectivity index is 0.000000218. The highest BCUT2D eigenvalue weighted by molar-refractivity contribution is 5.40. The summed E-state index contributed by atoms with van der Waals surface area (Å²) in [5.41, 5.74) is 7.04. The van der Waals surface area contributed by atoms with E-state index in [0.29, 0.717) is 16.8 Å². The van der Waals surface area contributed by atoms with E-state index in [-0.39, 0.29) is 24.5 Å². The molecule has 0 unspecified atom stereocenters. The minimum Gasteiger partial charge on any atom is -0.506 e. The smallest absolute Gasteiger partial charge is 0.247 e. The molecule has 0 bridgehead atoms. The summed E-state index contributed by atoms with van der Waals surface area (Å²) in [4.78, 5) is 16.6. The van der Waals surface area contributed by atoms with E-state index in [1.54, 1.807) is 25.3 Å². The van der Waals surface area contributed by atoms with Gasteiger partial charge < -0.3 is 20.9 Å². The van der Waals surface area contributed by atoms with Crippen molar-refractivity contribution in [2.24, 2.45) is 5.73 Å². The molecule has 6 heteroatoms. The summed E-state index contributed by atoms with van der Waals surface area (Å²) >= 11 is 0. The lowest BCUT2D eigenvalue weighted by Crippen LogP contribution is -2.04. The molecule has 0 aliphatic carbocycles. The molecule has 6 nitrogen and oxygen atoms in total. The van der Waals surface area contributed by atoms with Crippen LogP contribution in [0.1, 0.15) is 16.8 Å². The minimum atomic E-state index is -0.145. The van der Waals surface area contributed by atoms with Crippen LogP contribution < -0.4 is 11.3 Å². The van der Waals surface area contributed by atoms with Crippen molar-refractivity contribution < 1.29 is 10.2 Å². The van der Waals surface area contributed by atoms with E-state index in [1.807, 2.05) is 0 Å². The molecule has 19 heavy (non-hydrogen) atoms. The highest BCUT2D eigenvalue weighted by atomic mass is 16.3. The fourth-order valence-corrected chi connectivity index (χ4v) is 1.43. The van der Waals surface area contributed by atoms with E-state index in [9.17, 15) is 9.90 Å². The van der Waals surface area contributed by atoms with E-state index in [4.69, 9.17) is 10.8 Å². The molecule has 2 aromatic rings. The van der Waals surface area contributed by atoms with Crippen molar-refractivity contribution in [1.29, 1.82) is 0 Å². The molecule has 2 aromatic heterocycles. The van der Waals surface area contributed by atoms with Gasteiger partial charge in [-0.3, -0.25) is 9.78 Å². The van der Waals surface area contributed by atoms with Crippen LogP contribution in [0.3, 0.4) is 0 Å². The number of nitrogens with zero attached hydrogens (tertiary/aromatic N) is 1. The van der Waals surface area contributed by atoms with Crippen LogP contribution in [0.25, 0.3) is 0 Å². The average molecular weight is 263 g/mol. The van der Waals surface area contributed by atoms with Crippen LogP contribution in [0.15, 0.2) is 35.4 Å². The lowest BCUT2D eigenvalue weighted by Gasteiger charge is -2.08. The fourth-order valence-electron chi connectivity index (χ4n) is 1.43. The Morgan fingerprint density at radius 2 is 2.16 bits per heavy atom. The first-order valence-corrected chi connectivity index (χ1v) is 5.71. The van der Waals surface area contributed by atoms with Gasteiger partial charge in [0.05, 0.1) is 12.3 Å². The largest absolute Gasteiger partial charge is 0.506 e. The number of aliphatic hydroxyl groups excluding tert-OH is 1. The Kier molecular flexibility index (Phi) is 5.72. The number of hydrogen-bond donors (Lipinski definition) is 4. The van der Waals surface area contributed by atoms with Crippen molar-refractivity contribution in [2.45, 2.75) is 20.1 Å². The van der Waals surface area contributed by atoms with Crippen LogP contribution >= 0.6 is 0 Å². The van der Waals surface area contributed by atoms with Gasteiger partial charge in [-0.1, -0.05) is 6.07 Å². The number of pyridine rings is 2. The topological polar surface area (TPSA) is 112 Å². The maximum atomic E-state index is 10.2. The molecule has 0 atom stereocenters. The summed E-state index contributed by atoms with van der Waals surface area (Å²) in [6, 6.07) is 4.93. The zero-order valence-electron chi connectivity index (χ0n) is 10.6. The van der Waals surface area contributed by atoms with Crippen LogP contribution in [0, 0.1) is 6.92 Å². The van der Waals surface area contributed by atoms with Crippen LogP contribution in [-0.4, -0.2) is 20.2 Å². The van der Waals surface area contributed by atoms with E-state index in [0.717, 1.165) is 0 Å². The first kappa shape index (κ1) is 14.9. The highest BCUT2D eigenvalue weighted by Crippen LogP contribution is 2.22. The lowest BCUT2D eigenvalue weighted by molar-refractivity contribution is 0.279. The first-order chi connectivity index (χ1) is 9.10. The van der Waals surface area contributed by atoms with Gasteiger partial charge in [-0.15, -0.1) is 0 Å². The van der Waals surface area contributed by atoms with Crippen molar-refractivity contribution in [1.82, 2.24) is 9.97 Å². The van der Waals surface area contributed by atoms with Gasteiger partial charge in [0.15, 0.2) is 0 Å². The van der Waals surface area contributed by atoms with Gasteiger partial charge in [0, 0.05) is 36.1 Å². The van der Waals surface area contributed by atoms with Crippen LogP contribution in [0.5, 0.6) is 5.75 Å². The molecule has 0 aromatic carbocycles. The summed E-state index contributed by atoms with van der Waals surface area (Å²) in [6.45, 7) is 1.76. The lowest BCUT2D eigenvalue weighted by atomic mass is 10.1. The maximum Gasteiger partial charge on any atom is 0.247 e. The second-order valence-corrected chi connectivity index (χ2v) is 3.79. The molecule has 0 spiro atoms. The van der Waals surface area contributed by atoms with Gasteiger partial charge in [0.25, 0.3) is 0 Å². The number of aromatic nitrogens is 2. The molecule has 0 aliphatic heterocycles. The molecule has 0 fully saturated rings. The molecular weight excluding hydrogens is 246 g/mol. The van der Waals surface area contributed by atoms with Gasteiger partial charge in [-0.2, -0.15) is 0 Å². The predicted octanol–water partition coefficient (Wildman–Crippen LogP) is 0.422. The number of aromatic amines is 1. The average Bonchev–Trinajstić information content (AvgIpc) is 2.43. The van der Waals surface area contributed by atoms with E-state index in [1.165, 1.54) is 12.3 Å². The second-order valence-electron chi connectivity index (χ2n) is 3.79. The molecule has 0 radical (unpaired) electrons. The van der Waals surface area contributed by atoms with E-state index in [2.05, 4.69) is 9.97 Å². The third-order valence-corrected chi connectivity index (χ3v) is 2.49. The number of aliphatic hydroxyl groups is 1. The molecule has 102 valence electrons. The Labute approximate surface area is 110 Å². The van der Waals surface area contributed by atoms with Crippen molar-refractivity contribution in [3.05, 3.63) is 57.8 Å². The molecule has 2 rings (SSSR count). The van der Waals surface area contributed by atoms with Crippen molar-refractivity contribution in [2.75, 3.05) is 0 Å². The SMILES string of the molecule is Cc1ncc(CO)c(CN)c1O.O=c1cccc[nH]1. The number of aromatic hydroxyl groups is 1. The number of H-pyrrole nitrogens is 1. The third-order valence-electron chi connectivity index (χ3n) is 2.49.